The number of hydrogen-bond donors (Lipinski definition) is 1. The summed E-state index contributed by atoms with van der Waals surface area (Å²) in [6.45, 7) is 7.22. The lowest BCUT2D eigenvalue weighted by molar-refractivity contribution is -0.121. The van der Waals surface area contributed by atoms with Gasteiger partial charge in [-0.3, -0.25) is 9.59 Å². The minimum atomic E-state index is -0.349. The molecule has 0 saturated heterocycles. The lowest BCUT2D eigenvalue weighted by Crippen LogP contribution is -2.38. The smallest absolute Gasteiger partial charge is 0.265 e. The molecule has 1 aliphatic rings. The number of benzene rings is 3. The van der Waals surface area contributed by atoms with Gasteiger partial charge in [0.1, 0.15) is 5.75 Å². The van der Waals surface area contributed by atoms with Gasteiger partial charge in [-0.15, -0.1) is 0 Å². The van der Waals surface area contributed by atoms with Gasteiger partial charge in [0.15, 0.2) is 18.1 Å². The Bertz CT molecular complexity index is 1200. The van der Waals surface area contributed by atoms with Crippen molar-refractivity contribution < 1.29 is 28.5 Å². The number of nitrogens with one attached hydrogen (secondary N) is 1. The predicted octanol–water partition coefficient (Wildman–Crippen LogP) is 5.06. The summed E-state index contributed by atoms with van der Waals surface area (Å²) in [7, 11) is 0. The molecule has 0 bridgehead atoms. The van der Waals surface area contributed by atoms with Crippen LogP contribution in [0.3, 0.4) is 0 Å². The van der Waals surface area contributed by atoms with E-state index in [1.165, 1.54) is 0 Å². The fourth-order valence-corrected chi connectivity index (χ4v) is 3.94. The van der Waals surface area contributed by atoms with Gasteiger partial charge in [0.2, 0.25) is 5.75 Å². The van der Waals surface area contributed by atoms with Crippen molar-refractivity contribution >= 4 is 23.2 Å². The topological polar surface area (TPSA) is 86.3 Å². The molecule has 1 heterocycles. The van der Waals surface area contributed by atoms with Crippen molar-refractivity contribution in [3.05, 3.63) is 71.8 Å². The molecule has 4 rings (SSSR count). The van der Waals surface area contributed by atoms with Gasteiger partial charge >= 0.3 is 0 Å². The quantitative estimate of drug-likeness (QED) is 0.428. The number of carbonyl (C=O) groups excluding carboxylic acids is 2. The van der Waals surface area contributed by atoms with Crippen LogP contribution >= 0.6 is 0 Å². The largest absolute Gasteiger partial charge is 0.490 e. The number of ether oxygens (including phenoxy) is 4. The van der Waals surface area contributed by atoms with Crippen LogP contribution in [0.5, 0.6) is 23.0 Å². The highest BCUT2D eigenvalue weighted by atomic mass is 16.5. The Labute approximate surface area is 210 Å². The van der Waals surface area contributed by atoms with Crippen molar-refractivity contribution in [2.45, 2.75) is 27.3 Å². The zero-order valence-electron chi connectivity index (χ0n) is 20.7. The highest BCUT2D eigenvalue weighted by Crippen LogP contribution is 2.40. The van der Waals surface area contributed by atoms with Gasteiger partial charge in [0.25, 0.3) is 11.8 Å². The molecule has 0 radical (unpaired) electrons. The van der Waals surface area contributed by atoms with Crippen molar-refractivity contribution in [2.24, 2.45) is 0 Å². The van der Waals surface area contributed by atoms with Crippen LogP contribution in [0.25, 0.3) is 0 Å². The summed E-state index contributed by atoms with van der Waals surface area (Å²) in [4.78, 5) is 27.6. The van der Waals surface area contributed by atoms with Crippen molar-refractivity contribution in [1.82, 2.24) is 0 Å². The minimum absolute atomic E-state index is 0.0296. The van der Waals surface area contributed by atoms with Crippen molar-refractivity contribution in [3.63, 3.8) is 0 Å². The molecule has 188 valence electrons. The van der Waals surface area contributed by atoms with E-state index in [1.807, 2.05) is 51.1 Å². The molecule has 0 unspecified atom stereocenters. The maximum absolute atomic E-state index is 13.2. The van der Waals surface area contributed by atoms with Crippen LogP contribution < -0.4 is 29.2 Å². The fraction of sp³-hybridized carbons (Fsp3) is 0.286. The molecule has 1 aliphatic heterocycles. The number of fused-ring (bicyclic) bond motifs is 1. The van der Waals surface area contributed by atoms with Gasteiger partial charge in [-0.2, -0.15) is 0 Å². The Hall–Kier alpha value is -4.20. The molecule has 3 aromatic carbocycles. The number of hydrogen-bond acceptors (Lipinski definition) is 6. The molecule has 8 heteroatoms. The molecule has 0 atom stereocenters. The van der Waals surface area contributed by atoms with Crippen LogP contribution in [0.15, 0.2) is 60.7 Å². The highest BCUT2D eigenvalue weighted by Gasteiger charge is 2.26. The first-order valence-corrected chi connectivity index (χ1v) is 12.0. The maximum atomic E-state index is 13.2. The molecule has 36 heavy (non-hydrogen) atoms. The van der Waals surface area contributed by atoms with E-state index in [-0.39, 0.29) is 18.4 Å². The lowest BCUT2D eigenvalue weighted by atomic mass is 10.1. The summed E-state index contributed by atoms with van der Waals surface area (Å²) < 4.78 is 22.8. The number of nitrogens with zero attached hydrogens (tertiary/aromatic N) is 1. The SMILES string of the molecule is CCOc1cc(C(=O)Nc2ccc3c(c2)N(Cc2ccccc2)C(=O)CO3)cc(OCC)c1OCC. The second kappa shape index (κ2) is 11.5. The van der Waals surface area contributed by atoms with Gasteiger partial charge in [-0.05, 0) is 56.7 Å². The molecule has 0 aliphatic carbocycles. The first-order chi connectivity index (χ1) is 17.5. The summed E-state index contributed by atoms with van der Waals surface area (Å²) >= 11 is 0. The van der Waals surface area contributed by atoms with E-state index in [0.717, 1.165) is 5.56 Å². The van der Waals surface area contributed by atoms with Crippen LogP contribution in [0, 0.1) is 0 Å². The minimum Gasteiger partial charge on any atom is -0.490 e. The summed E-state index contributed by atoms with van der Waals surface area (Å²) in [5.74, 6) is 1.44. The number of anilines is 2. The van der Waals surface area contributed by atoms with Crippen LogP contribution in [-0.2, 0) is 11.3 Å². The molecular weight excluding hydrogens is 460 g/mol. The number of rotatable bonds is 10. The zero-order valence-corrected chi connectivity index (χ0v) is 20.7. The van der Waals surface area contributed by atoms with Gasteiger partial charge in [0.05, 0.1) is 32.1 Å². The highest BCUT2D eigenvalue weighted by molar-refractivity contribution is 6.06. The van der Waals surface area contributed by atoms with Gasteiger partial charge < -0.3 is 29.2 Å². The fourth-order valence-electron chi connectivity index (χ4n) is 3.94. The molecule has 0 fully saturated rings. The molecule has 2 amide bonds. The average Bonchev–Trinajstić information content (AvgIpc) is 2.88. The Morgan fingerprint density at radius 1 is 0.917 bits per heavy atom. The van der Waals surface area contributed by atoms with Gasteiger partial charge in [-0.1, -0.05) is 30.3 Å². The van der Waals surface area contributed by atoms with E-state index >= 15 is 0 Å². The second-order valence-electron chi connectivity index (χ2n) is 7.99. The third kappa shape index (κ3) is 5.54. The number of carbonyl (C=O) groups is 2. The standard InChI is InChI=1S/C28H30N2O6/c1-4-33-24-14-20(15-25(34-5-2)27(24)35-6-3)28(32)29-21-12-13-23-22(16-21)30(26(31)18-36-23)17-19-10-8-7-9-11-19/h7-16H,4-6,17-18H2,1-3H3,(H,29,32). The molecular formula is C28H30N2O6. The van der Waals surface area contributed by atoms with Crippen LogP contribution in [0.2, 0.25) is 0 Å². The van der Waals surface area contributed by atoms with Crippen molar-refractivity contribution in [3.8, 4) is 23.0 Å². The molecule has 1 N–H and O–H groups in total. The van der Waals surface area contributed by atoms with E-state index in [2.05, 4.69) is 5.32 Å². The molecule has 0 aromatic heterocycles. The van der Waals surface area contributed by atoms with E-state index in [0.29, 0.717) is 66.3 Å². The lowest BCUT2D eigenvalue weighted by Gasteiger charge is -2.30. The summed E-state index contributed by atoms with van der Waals surface area (Å²) in [5.41, 5.74) is 2.48. The third-order valence-electron chi connectivity index (χ3n) is 5.51. The normalized spacial score (nSPS) is 12.4. The molecule has 0 saturated carbocycles. The van der Waals surface area contributed by atoms with Crippen LogP contribution in [0.4, 0.5) is 11.4 Å². The Balaban J connectivity index is 1.62. The zero-order chi connectivity index (χ0) is 25.5. The molecule has 8 nitrogen and oxygen atoms in total. The van der Waals surface area contributed by atoms with Crippen LogP contribution in [-0.4, -0.2) is 38.2 Å². The van der Waals surface area contributed by atoms with E-state index in [4.69, 9.17) is 18.9 Å². The monoisotopic (exact) mass is 490 g/mol. The Kier molecular flexibility index (Phi) is 7.95. The van der Waals surface area contributed by atoms with Crippen molar-refractivity contribution in [1.29, 1.82) is 0 Å². The molecule has 3 aromatic rings. The third-order valence-corrected chi connectivity index (χ3v) is 5.51. The van der Waals surface area contributed by atoms with E-state index in [1.54, 1.807) is 35.2 Å². The van der Waals surface area contributed by atoms with Gasteiger partial charge in [0, 0.05) is 11.3 Å². The summed E-state index contributed by atoms with van der Waals surface area (Å²) in [6.07, 6.45) is 0. The van der Waals surface area contributed by atoms with Crippen LogP contribution in [0.1, 0.15) is 36.7 Å². The van der Waals surface area contributed by atoms with Gasteiger partial charge in [-0.25, -0.2) is 0 Å². The first kappa shape index (κ1) is 24.9. The Morgan fingerprint density at radius 3 is 2.22 bits per heavy atom. The summed E-state index contributed by atoms with van der Waals surface area (Å²) in [6, 6.07) is 18.2. The van der Waals surface area contributed by atoms with Crippen molar-refractivity contribution in [2.75, 3.05) is 36.6 Å². The number of amides is 2. The first-order valence-electron chi connectivity index (χ1n) is 12.0. The van der Waals surface area contributed by atoms with E-state index in [9.17, 15) is 9.59 Å². The van der Waals surface area contributed by atoms with E-state index < -0.39 is 0 Å². The summed E-state index contributed by atoms with van der Waals surface area (Å²) in [5, 5.41) is 2.91. The molecule has 0 spiro atoms. The Morgan fingerprint density at radius 2 is 1.58 bits per heavy atom. The maximum Gasteiger partial charge on any atom is 0.265 e. The average molecular weight is 491 g/mol. The predicted molar refractivity (Wildman–Crippen MR) is 137 cm³/mol. The second-order valence-corrected chi connectivity index (χ2v) is 7.99.